The molecule has 1 heteroatoms. The summed E-state index contributed by atoms with van der Waals surface area (Å²) in [6, 6.07) is 10.6. The Morgan fingerprint density at radius 3 is 2.25 bits per heavy atom. The van der Waals surface area contributed by atoms with Crippen molar-refractivity contribution in [2.75, 3.05) is 6.54 Å². The summed E-state index contributed by atoms with van der Waals surface area (Å²) in [6.07, 6.45) is 2.15. The molecule has 0 bridgehead atoms. The third kappa shape index (κ3) is 4.52. The maximum absolute atomic E-state index is 3.39. The lowest BCUT2D eigenvalue weighted by atomic mass is 9.97. The molecule has 0 heterocycles. The molecule has 0 saturated carbocycles. The Morgan fingerprint density at radius 1 is 1.25 bits per heavy atom. The van der Waals surface area contributed by atoms with Crippen LogP contribution in [0.4, 0.5) is 0 Å². The fourth-order valence-corrected chi connectivity index (χ4v) is 1.63. The number of rotatable bonds is 4. The first-order valence-electron chi connectivity index (χ1n) is 6.24. The smallest absolute Gasteiger partial charge is 0.0206 e. The highest BCUT2D eigenvalue weighted by molar-refractivity contribution is 5.26. The van der Waals surface area contributed by atoms with Crippen molar-refractivity contribution in [2.45, 2.75) is 40.5 Å². The second kappa shape index (κ2) is 9.02. The predicted molar refractivity (Wildman–Crippen MR) is 73.6 cm³/mol. The van der Waals surface area contributed by atoms with Gasteiger partial charge in [0.15, 0.2) is 0 Å². The van der Waals surface area contributed by atoms with Crippen LogP contribution in [0, 0.1) is 0 Å². The minimum Gasteiger partial charge on any atom is -0.388 e. The van der Waals surface area contributed by atoms with E-state index in [2.05, 4.69) is 62.5 Å². The second-order valence-electron chi connectivity index (χ2n) is 3.41. The molecule has 0 aromatic heterocycles. The fourth-order valence-electron chi connectivity index (χ4n) is 1.63. The van der Waals surface area contributed by atoms with Crippen LogP contribution < -0.4 is 5.32 Å². The van der Waals surface area contributed by atoms with Gasteiger partial charge in [-0.1, -0.05) is 57.2 Å². The third-order valence-corrected chi connectivity index (χ3v) is 2.46. The molecule has 1 aromatic carbocycles. The van der Waals surface area contributed by atoms with E-state index in [1.165, 1.54) is 11.3 Å². The average Bonchev–Trinajstić information content (AvgIpc) is 2.38. The Hall–Kier alpha value is -1.24. The number of likely N-dealkylation sites (N-methyl/N-ethyl adjacent to an activating group) is 1. The van der Waals surface area contributed by atoms with Crippen LogP contribution in [0.3, 0.4) is 0 Å². The van der Waals surface area contributed by atoms with E-state index in [1.54, 1.807) is 0 Å². The van der Waals surface area contributed by atoms with Gasteiger partial charge in [-0.05, 0) is 19.4 Å². The molecule has 1 unspecified atom stereocenters. The monoisotopic (exact) mass is 219 g/mol. The zero-order chi connectivity index (χ0) is 12.4. The molecule has 1 rings (SSSR count). The van der Waals surface area contributed by atoms with Gasteiger partial charge in [-0.25, -0.2) is 0 Å². The fraction of sp³-hybridized carbons (Fsp3) is 0.467. The summed E-state index contributed by atoms with van der Waals surface area (Å²) in [5, 5.41) is 3.39. The van der Waals surface area contributed by atoms with Crippen LogP contribution in [0.1, 0.15) is 46.1 Å². The molecule has 0 amide bonds. The highest BCUT2D eigenvalue weighted by atomic mass is 14.9. The number of allylic oxidation sites excluding steroid dienone is 2. The van der Waals surface area contributed by atoms with Gasteiger partial charge in [-0.3, -0.25) is 0 Å². The molecule has 1 aromatic rings. The van der Waals surface area contributed by atoms with E-state index in [9.17, 15) is 0 Å². The molecule has 0 saturated heterocycles. The van der Waals surface area contributed by atoms with Crippen molar-refractivity contribution in [3.8, 4) is 0 Å². The summed E-state index contributed by atoms with van der Waals surface area (Å²) in [5.41, 5.74) is 2.67. The van der Waals surface area contributed by atoms with E-state index in [4.69, 9.17) is 0 Å². The predicted octanol–water partition coefficient (Wildman–Crippen LogP) is 4.33. The molecular formula is C15H25N. The quantitative estimate of drug-likeness (QED) is 0.794. The summed E-state index contributed by atoms with van der Waals surface area (Å²) >= 11 is 0. The van der Waals surface area contributed by atoms with Crippen LogP contribution in [0.15, 0.2) is 42.1 Å². The van der Waals surface area contributed by atoms with Crippen molar-refractivity contribution in [3.05, 3.63) is 47.7 Å². The highest BCUT2D eigenvalue weighted by Gasteiger charge is 2.08. The number of hydrogen-bond donors (Lipinski definition) is 1. The molecule has 0 aliphatic heterocycles. The molecule has 0 aliphatic rings. The summed E-state index contributed by atoms with van der Waals surface area (Å²) in [7, 11) is 0. The molecule has 1 atom stereocenters. The first-order valence-corrected chi connectivity index (χ1v) is 6.24. The number of benzene rings is 1. The van der Waals surface area contributed by atoms with E-state index in [-0.39, 0.29) is 0 Å². The highest BCUT2D eigenvalue weighted by Crippen LogP contribution is 2.21. The molecule has 0 aliphatic carbocycles. The van der Waals surface area contributed by atoms with Crippen molar-refractivity contribution in [1.29, 1.82) is 0 Å². The molecule has 1 nitrogen and oxygen atoms in total. The maximum Gasteiger partial charge on any atom is 0.0206 e. The van der Waals surface area contributed by atoms with Gasteiger partial charge < -0.3 is 5.32 Å². The zero-order valence-electron chi connectivity index (χ0n) is 11.2. The van der Waals surface area contributed by atoms with Gasteiger partial charge in [0, 0.05) is 18.2 Å². The SMILES string of the molecule is C/C=C(\NCC)C(C)c1ccccc1.CC. The van der Waals surface area contributed by atoms with Crippen molar-refractivity contribution in [3.63, 3.8) is 0 Å². The van der Waals surface area contributed by atoms with Crippen molar-refractivity contribution in [1.82, 2.24) is 5.32 Å². The standard InChI is InChI=1S/C13H19N.C2H6/c1-4-13(14-5-2)11(3)12-9-7-6-8-10-12;1-2/h4,6-11,14H,5H2,1-3H3;1-2H3/b13-4-;. The van der Waals surface area contributed by atoms with Gasteiger partial charge in [-0.15, -0.1) is 0 Å². The Bertz CT molecular complexity index is 288. The van der Waals surface area contributed by atoms with Crippen LogP contribution in [-0.2, 0) is 0 Å². The maximum atomic E-state index is 3.39. The van der Waals surface area contributed by atoms with Crippen molar-refractivity contribution < 1.29 is 0 Å². The van der Waals surface area contributed by atoms with E-state index >= 15 is 0 Å². The van der Waals surface area contributed by atoms with Gasteiger partial charge in [0.2, 0.25) is 0 Å². The lowest BCUT2D eigenvalue weighted by Crippen LogP contribution is -2.16. The van der Waals surface area contributed by atoms with Crippen molar-refractivity contribution in [2.24, 2.45) is 0 Å². The molecule has 16 heavy (non-hydrogen) atoms. The van der Waals surface area contributed by atoms with E-state index in [0.29, 0.717) is 5.92 Å². The first kappa shape index (κ1) is 14.8. The summed E-state index contributed by atoms with van der Waals surface area (Å²) in [4.78, 5) is 0. The minimum atomic E-state index is 0.459. The molecular weight excluding hydrogens is 194 g/mol. The summed E-state index contributed by atoms with van der Waals surface area (Å²) < 4.78 is 0. The van der Waals surface area contributed by atoms with Crippen molar-refractivity contribution >= 4 is 0 Å². The minimum absolute atomic E-state index is 0.459. The average molecular weight is 219 g/mol. The van der Waals surface area contributed by atoms with Crippen LogP contribution in [0.2, 0.25) is 0 Å². The molecule has 0 radical (unpaired) electrons. The summed E-state index contributed by atoms with van der Waals surface area (Å²) in [5.74, 6) is 0.459. The lowest BCUT2D eigenvalue weighted by Gasteiger charge is -2.17. The van der Waals surface area contributed by atoms with Crippen LogP contribution in [0.25, 0.3) is 0 Å². The largest absolute Gasteiger partial charge is 0.388 e. The van der Waals surface area contributed by atoms with Crippen LogP contribution in [0.5, 0.6) is 0 Å². The zero-order valence-corrected chi connectivity index (χ0v) is 11.2. The Labute approximate surface area is 101 Å². The van der Waals surface area contributed by atoms with Gasteiger partial charge in [0.1, 0.15) is 0 Å². The van der Waals surface area contributed by atoms with Crippen LogP contribution >= 0.6 is 0 Å². The van der Waals surface area contributed by atoms with Gasteiger partial charge in [-0.2, -0.15) is 0 Å². The molecule has 0 fully saturated rings. The Kier molecular flexibility index (Phi) is 8.32. The van der Waals surface area contributed by atoms with Gasteiger partial charge in [0.25, 0.3) is 0 Å². The van der Waals surface area contributed by atoms with Gasteiger partial charge >= 0.3 is 0 Å². The number of hydrogen-bond acceptors (Lipinski definition) is 1. The topological polar surface area (TPSA) is 12.0 Å². The van der Waals surface area contributed by atoms with Gasteiger partial charge in [0.05, 0.1) is 0 Å². The second-order valence-corrected chi connectivity index (χ2v) is 3.41. The summed E-state index contributed by atoms with van der Waals surface area (Å²) in [6.45, 7) is 11.4. The van der Waals surface area contributed by atoms with E-state index in [0.717, 1.165) is 6.54 Å². The Morgan fingerprint density at radius 2 is 1.81 bits per heavy atom. The first-order chi connectivity index (χ1) is 7.79. The van der Waals surface area contributed by atoms with E-state index < -0.39 is 0 Å². The molecule has 0 spiro atoms. The van der Waals surface area contributed by atoms with E-state index in [1.807, 2.05) is 13.8 Å². The molecule has 90 valence electrons. The number of nitrogens with one attached hydrogen (secondary N) is 1. The van der Waals surface area contributed by atoms with Crippen LogP contribution in [-0.4, -0.2) is 6.54 Å². The lowest BCUT2D eigenvalue weighted by molar-refractivity contribution is 0.737. The third-order valence-electron chi connectivity index (χ3n) is 2.46. The Balaban J connectivity index is 0.00000106. The molecule has 1 N–H and O–H groups in total. The normalized spacial score (nSPS) is 12.4.